The molecule has 1 heterocycles. The lowest BCUT2D eigenvalue weighted by Gasteiger charge is -2.34. The maximum Gasteiger partial charge on any atom is 0.241 e. The average molecular weight is 281 g/mol. The van der Waals surface area contributed by atoms with E-state index in [2.05, 4.69) is 5.32 Å². The van der Waals surface area contributed by atoms with Crippen molar-refractivity contribution >= 4 is 11.6 Å². The van der Waals surface area contributed by atoms with Gasteiger partial charge in [-0.25, -0.2) is 0 Å². The van der Waals surface area contributed by atoms with Crippen molar-refractivity contribution in [1.82, 2.24) is 4.90 Å². The minimum atomic E-state index is -3.15. The third-order valence-corrected chi connectivity index (χ3v) is 3.73. The fourth-order valence-electron chi connectivity index (χ4n) is 2.63. The number of rotatable bonds is 4. The molecule has 1 aliphatic rings. The molecular formula is C17H26N2O. The second-order valence-electron chi connectivity index (χ2n) is 5.20. The van der Waals surface area contributed by atoms with Crippen molar-refractivity contribution in [2.45, 2.75) is 52.4 Å². The average Bonchev–Trinajstić information content (AvgIpc) is 2.57. The zero-order valence-electron chi connectivity index (χ0n) is 19.0. The first-order valence-electron chi connectivity index (χ1n) is 10.4. The zero-order chi connectivity index (χ0) is 20.6. The molecule has 0 radical (unpaired) electrons. The van der Waals surface area contributed by atoms with Crippen LogP contribution in [0.1, 0.15) is 53.2 Å². The molecule has 1 aliphatic heterocycles. The van der Waals surface area contributed by atoms with E-state index in [0.29, 0.717) is 24.9 Å². The van der Waals surface area contributed by atoms with Crippen LogP contribution in [0.2, 0.25) is 0 Å². The molecule has 1 unspecified atom stereocenters. The van der Waals surface area contributed by atoms with Gasteiger partial charge in [0, 0.05) is 15.3 Å². The van der Waals surface area contributed by atoms with E-state index in [1.54, 1.807) is 0 Å². The Labute approximate surface area is 132 Å². The summed E-state index contributed by atoms with van der Waals surface area (Å²) in [6.07, 6.45) is -1.51. The molecular weight excluding hydrogens is 248 g/mol. The number of piperidine rings is 1. The highest BCUT2D eigenvalue weighted by atomic mass is 16.2. The van der Waals surface area contributed by atoms with E-state index in [-0.39, 0.29) is 6.54 Å². The predicted molar refractivity (Wildman–Crippen MR) is 84.0 cm³/mol. The molecule has 20 heavy (non-hydrogen) atoms. The van der Waals surface area contributed by atoms with E-state index in [1.807, 2.05) is 32.0 Å². The van der Waals surface area contributed by atoms with Crippen LogP contribution in [-0.4, -0.2) is 29.9 Å². The molecule has 2 rings (SSSR count). The van der Waals surface area contributed by atoms with E-state index >= 15 is 0 Å². The molecule has 0 bridgehead atoms. The van der Waals surface area contributed by atoms with Gasteiger partial charge in [-0.2, -0.15) is 0 Å². The van der Waals surface area contributed by atoms with Gasteiger partial charge >= 0.3 is 0 Å². The molecule has 0 aromatic heterocycles. The molecule has 0 saturated carbocycles. The third-order valence-electron chi connectivity index (χ3n) is 3.73. The molecule has 1 aromatic carbocycles. The van der Waals surface area contributed by atoms with Crippen LogP contribution in [0.4, 0.5) is 5.69 Å². The van der Waals surface area contributed by atoms with Gasteiger partial charge in [0.2, 0.25) is 5.91 Å². The number of nitrogens with zero attached hydrogens (tertiary/aromatic N) is 1. The van der Waals surface area contributed by atoms with Crippen LogP contribution in [0.5, 0.6) is 0 Å². The number of para-hydroxylation sites is 1. The number of benzene rings is 1. The summed E-state index contributed by atoms with van der Waals surface area (Å²) in [6, 6.07) is 4.64. The lowest BCUT2D eigenvalue weighted by molar-refractivity contribution is -0.122. The van der Waals surface area contributed by atoms with Gasteiger partial charge in [-0.15, -0.1) is 0 Å². The lowest BCUT2D eigenvalue weighted by atomic mass is 10.0. The first-order valence-corrected chi connectivity index (χ1v) is 6.94. The maximum atomic E-state index is 12.9. The highest BCUT2D eigenvalue weighted by Gasteiger charge is 2.28. The Balaban J connectivity index is 2.33. The van der Waals surface area contributed by atoms with Gasteiger partial charge in [0.1, 0.15) is 0 Å². The predicted octanol–water partition coefficient (Wildman–Crippen LogP) is 3.51. The Morgan fingerprint density at radius 2 is 2.20 bits per heavy atom. The number of nitrogens with one attached hydrogen (secondary N) is 1. The number of carbonyl (C=O) groups is 1. The molecule has 110 valence electrons. The molecule has 1 saturated heterocycles. The second kappa shape index (κ2) is 6.89. The van der Waals surface area contributed by atoms with Crippen molar-refractivity contribution in [1.29, 1.82) is 0 Å². The maximum absolute atomic E-state index is 12.9. The van der Waals surface area contributed by atoms with Gasteiger partial charge in [0.15, 0.2) is 0 Å². The summed E-state index contributed by atoms with van der Waals surface area (Å²) >= 11 is 0. The van der Waals surface area contributed by atoms with E-state index in [4.69, 9.17) is 9.60 Å². The third kappa shape index (κ3) is 3.40. The van der Waals surface area contributed by atoms with Crippen LogP contribution >= 0.6 is 0 Å². The number of aryl methyl sites for hydroxylation is 2. The fourth-order valence-corrected chi connectivity index (χ4v) is 2.63. The Bertz CT molecular complexity index is 683. The summed E-state index contributed by atoms with van der Waals surface area (Å²) in [6.45, 7) is -2.14. The van der Waals surface area contributed by atoms with Crippen LogP contribution in [0, 0.1) is 13.8 Å². The number of hydrogen-bond acceptors (Lipinski definition) is 2. The summed E-state index contributed by atoms with van der Waals surface area (Å²) in [5, 5.41) is 2.83. The fraction of sp³-hybridized carbons (Fsp3) is 0.588. The van der Waals surface area contributed by atoms with Gasteiger partial charge in [0.05, 0.1) is 6.04 Å². The molecule has 0 aliphatic carbocycles. The molecule has 1 atom stereocenters. The van der Waals surface area contributed by atoms with Crippen molar-refractivity contribution in [2.24, 2.45) is 0 Å². The molecule has 1 N–H and O–H groups in total. The molecule has 0 spiro atoms. The summed E-state index contributed by atoms with van der Waals surface area (Å²) in [5.41, 5.74) is 2.38. The summed E-state index contributed by atoms with van der Waals surface area (Å²) in [7, 11) is 0. The molecule has 3 heteroatoms. The van der Waals surface area contributed by atoms with Crippen LogP contribution in [0.15, 0.2) is 18.2 Å². The largest absolute Gasteiger partial charge is 0.324 e. The van der Waals surface area contributed by atoms with Crippen LogP contribution in [0.3, 0.4) is 0 Å². The molecule has 1 fully saturated rings. The molecule has 1 amide bonds. The highest BCUT2D eigenvalue weighted by molar-refractivity contribution is 5.96. The lowest BCUT2D eigenvalue weighted by Crippen LogP contribution is -2.47. The highest BCUT2D eigenvalue weighted by Crippen LogP contribution is 2.23. The number of likely N-dealkylation sites (tertiary alicyclic amines) is 1. The van der Waals surface area contributed by atoms with Crippen LogP contribution in [-0.2, 0) is 4.79 Å². The minimum absolute atomic E-state index is 0.118. The first kappa shape index (κ1) is 8.18. The minimum Gasteiger partial charge on any atom is -0.324 e. The monoisotopic (exact) mass is 281 g/mol. The van der Waals surface area contributed by atoms with E-state index in [0.717, 1.165) is 16.0 Å². The van der Waals surface area contributed by atoms with E-state index in [1.165, 1.54) is 0 Å². The summed E-state index contributed by atoms with van der Waals surface area (Å²) < 4.78 is 54.5. The van der Waals surface area contributed by atoms with Gasteiger partial charge < -0.3 is 5.32 Å². The number of anilines is 1. The SMILES string of the molecule is [2H]C([2H])([2H])C([2H])([2H])C([2H])([2H])N1CCCCC1C(=O)Nc1c(C)cccc1C. The first-order chi connectivity index (χ1) is 12.3. The van der Waals surface area contributed by atoms with Gasteiger partial charge in [0.25, 0.3) is 0 Å². The zero-order valence-corrected chi connectivity index (χ0v) is 12.0. The van der Waals surface area contributed by atoms with Crippen molar-refractivity contribution in [2.75, 3.05) is 18.4 Å². The van der Waals surface area contributed by atoms with Crippen LogP contribution < -0.4 is 5.32 Å². The van der Waals surface area contributed by atoms with E-state index < -0.39 is 31.7 Å². The van der Waals surface area contributed by atoms with Gasteiger partial charge in [-0.3, -0.25) is 9.69 Å². The molecule has 3 nitrogen and oxygen atoms in total. The normalized spacial score (nSPS) is 27.1. The van der Waals surface area contributed by atoms with Crippen LogP contribution in [0.25, 0.3) is 0 Å². The number of amides is 1. The Hall–Kier alpha value is -1.35. The van der Waals surface area contributed by atoms with Gasteiger partial charge in [-0.05, 0) is 57.2 Å². The van der Waals surface area contributed by atoms with Crippen molar-refractivity contribution in [3.8, 4) is 0 Å². The summed E-state index contributed by atoms with van der Waals surface area (Å²) in [5.74, 6) is -0.447. The Kier molecular flexibility index (Phi) is 2.82. The van der Waals surface area contributed by atoms with Crippen molar-refractivity contribution in [3.63, 3.8) is 0 Å². The smallest absolute Gasteiger partial charge is 0.241 e. The standard InChI is InChI=1S/C17H26N2O/c1-4-11-19-12-6-5-10-15(19)17(20)18-16-13(2)8-7-9-14(16)3/h7-9,15H,4-6,10-12H2,1-3H3,(H,18,20)/i1D3,4D2,11D2. The van der Waals surface area contributed by atoms with E-state index in [9.17, 15) is 4.79 Å². The van der Waals surface area contributed by atoms with Crippen molar-refractivity contribution < 1.29 is 14.4 Å². The Morgan fingerprint density at radius 1 is 1.45 bits per heavy atom. The van der Waals surface area contributed by atoms with Gasteiger partial charge in [-0.1, -0.05) is 31.5 Å². The number of carbonyl (C=O) groups excluding carboxylic acids is 1. The second-order valence-corrected chi connectivity index (χ2v) is 5.20. The number of hydrogen-bond donors (Lipinski definition) is 1. The Morgan fingerprint density at radius 3 is 2.90 bits per heavy atom. The topological polar surface area (TPSA) is 32.3 Å². The quantitative estimate of drug-likeness (QED) is 0.916. The summed E-state index contributed by atoms with van der Waals surface area (Å²) in [4.78, 5) is 14.0. The van der Waals surface area contributed by atoms with Crippen molar-refractivity contribution in [3.05, 3.63) is 29.3 Å². The molecule has 1 aromatic rings.